The Bertz CT molecular complexity index is 942. The SMILES string of the molecule is CNC(=O)NC(=O)[C@@H](OC(=O)/C=C/c1cc(C)n(C2CC2)c1C)c1ccccc1. The lowest BCUT2D eigenvalue weighted by atomic mass is 10.1. The third-order valence-electron chi connectivity index (χ3n) is 4.87. The van der Waals surface area contributed by atoms with Gasteiger partial charge in [0.25, 0.3) is 5.91 Å². The Labute approximate surface area is 169 Å². The standard InChI is InChI=1S/C22H25N3O4/c1-14-13-17(15(2)25(14)18-10-11-18)9-12-19(26)29-20(16-7-5-4-6-8-16)21(27)24-22(28)23-3/h4-9,12-13,18,20H,10-11H2,1-3H3,(H2,23,24,27,28)/b12-9+/t20-/m0/s1. The minimum atomic E-state index is -1.23. The molecule has 2 N–H and O–H groups in total. The molecule has 1 aliphatic carbocycles. The second kappa shape index (κ2) is 8.77. The summed E-state index contributed by atoms with van der Waals surface area (Å²) in [6, 6.07) is 10.5. The minimum Gasteiger partial charge on any atom is -0.444 e. The van der Waals surface area contributed by atoms with Gasteiger partial charge in [0.2, 0.25) is 6.10 Å². The average molecular weight is 395 g/mol. The van der Waals surface area contributed by atoms with Gasteiger partial charge in [-0.3, -0.25) is 10.1 Å². The normalized spacial score (nSPS) is 14.4. The largest absolute Gasteiger partial charge is 0.444 e. The lowest BCUT2D eigenvalue weighted by molar-refractivity contribution is -0.151. The first-order valence-corrected chi connectivity index (χ1v) is 9.55. The molecule has 1 aromatic heterocycles. The molecule has 1 atom stereocenters. The van der Waals surface area contributed by atoms with Gasteiger partial charge in [-0.1, -0.05) is 30.3 Å². The summed E-state index contributed by atoms with van der Waals surface area (Å²) in [5.41, 5.74) is 3.68. The van der Waals surface area contributed by atoms with Crippen LogP contribution in [0.25, 0.3) is 6.08 Å². The summed E-state index contributed by atoms with van der Waals surface area (Å²) >= 11 is 0. The first-order valence-electron chi connectivity index (χ1n) is 9.55. The molecule has 1 fully saturated rings. The molecule has 3 amide bonds. The Morgan fingerprint density at radius 2 is 1.86 bits per heavy atom. The summed E-state index contributed by atoms with van der Waals surface area (Å²) < 4.78 is 7.66. The first kappa shape index (κ1) is 20.4. The van der Waals surface area contributed by atoms with E-state index in [0.717, 1.165) is 17.0 Å². The number of esters is 1. The zero-order chi connectivity index (χ0) is 21.0. The van der Waals surface area contributed by atoms with E-state index in [2.05, 4.69) is 22.1 Å². The molecule has 0 aliphatic heterocycles. The highest BCUT2D eigenvalue weighted by atomic mass is 16.5. The molecule has 152 valence electrons. The fourth-order valence-corrected chi connectivity index (χ4v) is 3.32. The van der Waals surface area contributed by atoms with E-state index >= 15 is 0 Å². The predicted molar refractivity (Wildman–Crippen MR) is 109 cm³/mol. The number of hydrogen-bond donors (Lipinski definition) is 2. The number of ether oxygens (including phenoxy) is 1. The zero-order valence-electron chi connectivity index (χ0n) is 16.8. The molecule has 3 rings (SSSR count). The fraction of sp³-hybridized carbons (Fsp3) is 0.318. The van der Waals surface area contributed by atoms with Gasteiger partial charge in [0.15, 0.2) is 0 Å². The van der Waals surface area contributed by atoms with E-state index in [1.807, 2.05) is 13.0 Å². The van der Waals surface area contributed by atoms with E-state index in [0.29, 0.717) is 11.6 Å². The molecule has 7 heteroatoms. The lowest BCUT2D eigenvalue weighted by Gasteiger charge is -2.16. The number of hydrogen-bond acceptors (Lipinski definition) is 4. The monoisotopic (exact) mass is 395 g/mol. The Hall–Kier alpha value is -3.35. The Balaban J connectivity index is 1.74. The molecule has 0 spiro atoms. The molecular formula is C22H25N3O4. The number of rotatable bonds is 6. The second-order valence-electron chi connectivity index (χ2n) is 7.06. The first-order chi connectivity index (χ1) is 13.9. The molecule has 1 heterocycles. The van der Waals surface area contributed by atoms with Crippen molar-refractivity contribution in [3.63, 3.8) is 0 Å². The van der Waals surface area contributed by atoms with Crippen LogP contribution >= 0.6 is 0 Å². The van der Waals surface area contributed by atoms with Gasteiger partial charge in [-0.2, -0.15) is 0 Å². The Morgan fingerprint density at radius 1 is 1.17 bits per heavy atom. The average Bonchev–Trinajstić information content (AvgIpc) is 3.50. The topological polar surface area (TPSA) is 89.4 Å². The van der Waals surface area contributed by atoms with Crippen LogP contribution in [0.1, 0.15) is 47.5 Å². The van der Waals surface area contributed by atoms with Gasteiger partial charge in [-0.15, -0.1) is 0 Å². The maximum absolute atomic E-state index is 12.4. The Morgan fingerprint density at radius 3 is 2.48 bits per heavy atom. The molecule has 2 aromatic rings. The Kier molecular flexibility index (Phi) is 6.16. The van der Waals surface area contributed by atoms with Crippen molar-refractivity contribution in [2.45, 2.75) is 38.8 Å². The number of imide groups is 1. The van der Waals surface area contributed by atoms with Gasteiger partial charge in [-0.25, -0.2) is 9.59 Å². The lowest BCUT2D eigenvalue weighted by Crippen LogP contribution is -2.41. The van der Waals surface area contributed by atoms with Crippen LogP contribution in [0.2, 0.25) is 0 Å². The van der Waals surface area contributed by atoms with Gasteiger partial charge in [-0.05, 0) is 44.4 Å². The summed E-state index contributed by atoms with van der Waals surface area (Å²) in [5, 5.41) is 4.46. The van der Waals surface area contributed by atoms with Crippen molar-refractivity contribution in [2.75, 3.05) is 7.05 Å². The van der Waals surface area contributed by atoms with Gasteiger partial charge < -0.3 is 14.6 Å². The minimum absolute atomic E-state index is 0.475. The summed E-state index contributed by atoms with van der Waals surface area (Å²) in [5.74, 6) is -1.38. The van der Waals surface area contributed by atoms with E-state index in [1.165, 1.54) is 26.0 Å². The van der Waals surface area contributed by atoms with Crippen LogP contribution in [0.4, 0.5) is 4.79 Å². The number of aromatic nitrogens is 1. The molecule has 29 heavy (non-hydrogen) atoms. The summed E-state index contributed by atoms with van der Waals surface area (Å²) in [7, 11) is 1.40. The summed E-state index contributed by atoms with van der Waals surface area (Å²) in [4.78, 5) is 36.3. The second-order valence-corrected chi connectivity index (χ2v) is 7.06. The highest BCUT2D eigenvalue weighted by Crippen LogP contribution is 2.38. The van der Waals surface area contributed by atoms with Crippen LogP contribution in [0.15, 0.2) is 42.5 Å². The summed E-state index contributed by atoms with van der Waals surface area (Å²) in [6.45, 7) is 4.08. The van der Waals surface area contributed by atoms with Crippen LogP contribution in [0, 0.1) is 13.8 Å². The number of amides is 3. The van der Waals surface area contributed by atoms with Gasteiger partial charge >= 0.3 is 12.0 Å². The van der Waals surface area contributed by atoms with Crippen molar-refractivity contribution >= 4 is 24.0 Å². The molecule has 1 aliphatic rings. The molecule has 0 unspecified atom stereocenters. The van der Waals surface area contributed by atoms with Gasteiger partial charge in [0.05, 0.1) is 0 Å². The number of carbonyl (C=O) groups excluding carboxylic acids is 3. The van der Waals surface area contributed by atoms with E-state index in [9.17, 15) is 14.4 Å². The van der Waals surface area contributed by atoms with Crippen molar-refractivity contribution in [2.24, 2.45) is 0 Å². The number of carbonyl (C=O) groups is 3. The number of nitrogens with one attached hydrogen (secondary N) is 2. The molecule has 1 saturated carbocycles. The van der Waals surface area contributed by atoms with Crippen molar-refractivity contribution in [3.05, 3.63) is 65.0 Å². The molecule has 0 bridgehead atoms. The van der Waals surface area contributed by atoms with Gasteiger partial charge in [0.1, 0.15) is 0 Å². The number of aryl methyl sites for hydroxylation is 1. The molecular weight excluding hydrogens is 370 g/mol. The van der Waals surface area contributed by atoms with E-state index in [1.54, 1.807) is 36.4 Å². The molecule has 1 aromatic carbocycles. The van der Waals surface area contributed by atoms with Gasteiger partial charge in [0, 0.05) is 36.1 Å². The highest BCUT2D eigenvalue weighted by molar-refractivity contribution is 5.98. The fourth-order valence-electron chi connectivity index (χ4n) is 3.32. The maximum Gasteiger partial charge on any atom is 0.331 e. The van der Waals surface area contributed by atoms with Crippen LogP contribution in [-0.2, 0) is 14.3 Å². The van der Waals surface area contributed by atoms with Crippen LogP contribution < -0.4 is 10.6 Å². The number of urea groups is 1. The van der Waals surface area contributed by atoms with Crippen molar-refractivity contribution in [1.29, 1.82) is 0 Å². The van der Waals surface area contributed by atoms with Crippen molar-refractivity contribution < 1.29 is 19.1 Å². The number of nitrogens with zero attached hydrogens (tertiary/aromatic N) is 1. The zero-order valence-corrected chi connectivity index (χ0v) is 16.8. The molecule has 7 nitrogen and oxygen atoms in total. The third-order valence-corrected chi connectivity index (χ3v) is 4.87. The van der Waals surface area contributed by atoms with Crippen LogP contribution in [-0.4, -0.2) is 29.5 Å². The van der Waals surface area contributed by atoms with E-state index in [-0.39, 0.29) is 0 Å². The van der Waals surface area contributed by atoms with Crippen LogP contribution in [0.5, 0.6) is 0 Å². The van der Waals surface area contributed by atoms with Crippen molar-refractivity contribution in [3.8, 4) is 0 Å². The smallest absolute Gasteiger partial charge is 0.331 e. The summed E-state index contributed by atoms with van der Waals surface area (Å²) in [6.07, 6.45) is 4.14. The number of benzene rings is 1. The quantitative estimate of drug-likeness (QED) is 0.581. The van der Waals surface area contributed by atoms with E-state index in [4.69, 9.17) is 4.74 Å². The third kappa shape index (κ3) is 4.93. The van der Waals surface area contributed by atoms with Crippen molar-refractivity contribution in [1.82, 2.24) is 15.2 Å². The predicted octanol–water partition coefficient (Wildman–Crippen LogP) is 3.19. The highest BCUT2D eigenvalue weighted by Gasteiger charge is 2.27. The molecule has 0 radical (unpaired) electrons. The molecule has 0 saturated heterocycles. The van der Waals surface area contributed by atoms with Crippen LogP contribution in [0.3, 0.4) is 0 Å². The van der Waals surface area contributed by atoms with E-state index < -0.39 is 24.0 Å². The maximum atomic E-state index is 12.4.